The summed E-state index contributed by atoms with van der Waals surface area (Å²) < 4.78 is 0. The lowest BCUT2D eigenvalue weighted by Crippen LogP contribution is -2.09. The third kappa shape index (κ3) is 5.18. The lowest BCUT2D eigenvalue weighted by Gasteiger charge is -2.19. The van der Waals surface area contributed by atoms with Crippen molar-refractivity contribution in [3.63, 3.8) is 0 Å². The van der Waals surface area contributed by atoms with Crippen molar-refractivity contribution in [1.29, 1.82) is 0 Å². The summed E-state index contributed by atoms with van der Waals surface area (Å²) in [6.07, 6.45) is 6.84. The number of rotatable bonds is 7. The molecule has 0 rings (SSSR count). The van der Waals surface area contributed by atoms with E-state index in [1.807, 2.05) is 0 Å². The monoisotopic (exact) mass is 234 g/mol. The van der Waals surface area contributed by atoms with Crippen molar-refractivity contribution in [1.82, 2.24) is 0 Å². The minimum atomic E-state index is 0.917. The van der Waals surface area contributed by atoms with Crippen molar-refractivity contribution in [3.05, 3.63) is 0 Å². The predicted octanol–water partition coefficient (Wildman–Crippen LogP) is 4.62. The van der Waals surface area contributed by atoms with Gasteiger partial charge in [0.15, 0.2) is 0 Å². The molecule has 0 radical (unpaired) electrons. The van der Waals surface area contributed by atoms with E-state index >= 15 is 0 Å². The summed E-state index contributed by atoms with van der Waals surface area (Å²) >= 11 is 3.60. The zero-order valence-corrected chi connectivity index (χ0v) is 10.4. The first-order chi connectivity index (χ1) is 5.78. The smallest absolute Gasteiger partial charge is 0.00597 e. The van der Waals surface area contributed by atoms with Crippen molar-refractivity contribution < 1.29 is 0 Å². The Labute approximate surface area is 86.3 Å². The molecule has 12 heavy (non-hydrogen) atoms. The zero-order valence-electron chi connectivity index (χ0n) is 8.78. The van der Waals surface area contributed by atoms with Gasteiger partial charge in [-0.15, -0.1) is 0 Å². The third-order valence-electron chi connectivity index (χ3n) is 2.74. The first-order valence-corrected chi connectivity index (χ1v) is 6.46. The average Bonchev–Trinajstić information content (AvgIpc) is 2.12. The molecule has 1 unspecified atom stereocenters. The molecule has 0 aromatic heterocycles. The SMILES string of the molecule is CCCC(CBr)CC(CC)CC. The standard InChI is InChI=1S/C11H23Br/c1-4-7-11(9-12)8-10(5-2)6-3/h10-11H,4-9H2,1-3H3. The molecule has 0 amide bonds. The maximum Gasteiger partial charge on any atom is 0.00597 e. The van der Waals surface area contributed by atoms with Gasteiger partial charge in [-0.2, -0.15) is 0 Å². The van der Waals surface area contributed by atoms with Gasteiger partial charge in [-0.25, -0.2) is 0 Å². The zero-order chi connectivity index (χ0) is 9.40. The highest BCUT2D eigenvalue weighted by molar-refractivity contribution is 9.09. The molecule has 0 spiro atoms. The topological polar surface area (TPSA) is 0 Å². The lowest BCUT2D eigenvalue weighted by molar-refractivity contribution is 0.360. The van der Waals surface area contributed by atoms with Gasteiger partial charge in [0.25, 0.3) is 0 Å². The Hall–Kier alpha value is 0.480. The van der Waals surface area contributed by atoms with E-state index in [1.165, 1.54) is 37.4 Å². The number of hydrogen-bond acceptors (Lipinski definition) is 0. The Morgan fingerprint density at radius 3 is 1.92 bits per heavy atom. The second-order valence-corrected chi connectivity index (χ2v) is 4.37. The number of alkyl halides is 1. The van der Waals surface area contributed by atoms with Crippen LogP contribution in [0.3, 0.4) is 0 Å². The normalized spacial score (nSPS) is 13.8. The molecular formula is C11H23Br. The van der Waals surface area contributed by atoms with Gasteiger partial charge < -0.3 is 0 Å². The van der Waals surface area contributed by atoms with Crippen LogP contribution in [0, 0.1) is 11.8 Å². The first kappa shape index (κ1) is 12.5. The summed E-state index contributed by atoms with van der Waals surface area (Å²) in [5, 5.41) is 1.19. The molecular weight excluding hydrogens is 212 g/mol. The summed E-state index contributed by atoms with van der Waals surface area (Å²) in [6.45, 7) is 6.90. The van der Waals surface area contributed by atoms with E-state index in [-0.39, 0.29) is 0 Å². The summed E-state index contributed by atoms with van der Waals surface area (Å²) in [6, 6.07) is 0. The molecule has 1 heteroatoms. The van der Waals surface area contributed by atoms with Crippen LogP contribution in [0.2, 0.25) is 0 Å². The Morgan fingerprint density at radius 1 is 1.00 bits per heavy atom. The van der Waals surface area contributed by atoms with Gasteiger partial charge in [0.2, 0.25) is 0 Å². The van der Waals surface area contributed by atoms with Gasteiger partial charge >= 0.3 is 0 Å². The second-order valence-electron chi connectivity index (χ2n) is 3.73. The Balaban J connectivity index is 3.65. The van der Waals surface area contributed by atoms with E-state index in [1.54, 1.807) is 0 Å². The predicted molar refractivity (Wildman–Crippen MR) is 60.9 cm³/mol. The molecule has 0 aliphatic heterocycles. The molecule has 0 bridgehead atoms. The molecule has 0 aromatic carbocycles. The van der Waals surface area contributed by atoms with E-state index in [2.05, 4.69) is 36.7 Å². The maximum absolute atomic E-state index is 3.60. The highest BCUT2D eigenvalue weighted by atomic mass is 79.9. The molecule has 0 N–H and O–H groups in total. The molecule has 0 aliphatic rings. The quantitative estimate of drug-likeness (QED) is 0.564. The molecule has 0 saturated heterocycles. The van der Waals surface area contributed by atoms with Crippen LogP contribution in [0.1, 0.15) is 52.9 Å². The van der Waals surface area contributed by atoms with E-state index in [9.17, 15) is 0 Å². The first-order valence-electron chi connectivity index (χ1n) is 5.34. The van der Waals surface area contributed by atoms with Crippen LogP contribution >= 0.6 is 15.9 Å². The van der Waals surface area contributed by atoms with Crippen molar-refractivity contribution in [3.8, 4) is 0 Å². The van der Waals surface area contributed by atoms with Crippen LogP contribution in [-0.4, -0.2) is 5.33 Å². The molecule has 0 nitrogen and oxygen atoms in total. The van der Waals surface area contributed by atoms with Crippen molar-refractivity contribution in [2.24, 2.45) is 11.8 Å². The molecule has 0 saturated carbocycles. The minimum Gasteiger partial charge on any atom is -0.0925 e. The largest absolute Gasteiger partial charge is 0.0925 e. The van der Waals surface area contributed by atoms with E-state index < -0.39 is 0 Å². The molecule has 0 fully saturated rings. The highest BCUT2D eigenvalue weighted by Gasteiger charge is 2.11. The Kier molecular flexibility index (Phi) is 8.42. The fraction of sp³-hybridized carbons (Fsp3) is 1.00. The summed E-state index contributed by atoms with van der Waals surface area (Å²) in [7, 11) is 0. The van der Waals surface area contributed by atoms with Crippen LogP contribution in [0.25, 0.3) is 0 Å². The van der Waals surface area contributed by atoms with Crippen molar-refractivity contribution in [2.75, 3.05) is 5.33 Å². The summed E-state index contributed by atoms with van der Waals surface area (Å²) in [4.78, 5) is 0. The van der Waals surface area contributed by atoms with Crippen LogP contribution in [0.5, 0.6) is 0 Å². The van der Waals surface area contributed by atoms with Gasteiger partial charge in [0.05, 0.1) is 0 Å². The highest BCUT2D eigenvalue weighted by Crippen LogP contribution is 2.23. The number of hydrogen-bond donors (Lipinski definition) is 0. The Bertz CT molecular complexity index is 87.0. The van der Waals surface area contributed by atoms with Crippen molar-refractivity contribution >= 4 is 15.9 Å². The van der Waals surface area contributed by atoms with Gasteiger partial charge in [0, 0.05) is 5.33 Å². The molecule has 74 valence electrons. The minimum absolute atomic E-state index is 0.917. The van der Waals surface area contributed by atoms with E-state index in [0.717, 1.165) is 11.8 Å². The van der Waals surface area contributed by atoms with Gasteiger partial charge in [-0.1, -0.05) is 56.0 Å². The van der Waals surface area contributed by atoms with Crippen LogP contribution in [-0.2, 0) is 0 Å². The average molecular weight is 235 g/mol. The van der Waals surface area contributed by atoms with Gasteiger partial charge in [-0.05, 0) is 24.7 Å². The van der Waals surface area contributed by atoms with Crippen LogP contribution in [0.4, 0.5) is 0 Å². The van der Waals surface area contributed by atoms with Gasteiger partial charge in [-0.3, -0.25) is 0 Å². The molecule has 0 aliphatic carbocycles. The van der Waals surface area contributed by atoms with E-state index in [0.29, 0.717) is 0 Å². The van der Waals surface area contributed by atoms with Gasteiger partial charge in [0.1, 0.15) is 0 Å². The van der Waals surface area contributed by atoms with Crippen LogP contribution < -0.4 is 0 Å². The van der Waals surface area contributed by atoms with Crippen molar-refractivity contribution in [2.45, 2.75) is 52.9 Å². The lowest BCUT2D eigenvalue weighted by atomic mass is 9.89. The molecule has 1 atom stereocenters. The second kappa shape index (κ2) is 8.10. The third-order valence-corrected chi connectivity index (χ3v) is 3.65. The maximum atomic E-state index is 3.60. The number of halogens is 1. The fourth-order valence-electron chi connectivity index (χ4n) is 1.76. The Morgan fingerprint density at radius 2 is 1.58 bits per heavy atom. The summed E-state index contributed by atoms with van der Waals surface area (Å²) in [5.41, 5.74) is 0. The van der Waals surface area contributed by atoms with Crippen LogP contribution in [0.15, 0.2) is 0 Å². The molecule has 0 aromatic rings. The van der Waals surface area contributed by atoms with E-state index in [4.69, 9.17) is 0 Å². The fourth-order valence-corrected chi connectivity index (χ4v) is 2.35. The molecule has 0 heterocycles. The summed E-state index contributed by atoms with van der Waals surface area (Å²) in [5.74, 6) is 1.87.